The summed E-state index contributed by atoms with van der Waals surface area (Å²) in [7, 11) is 0. The topological polar surface area (TPSA) is 107 Å². The molecule has 0 saturated carbocycles. The van der Waals surface area contributed by atoms with Gasteiger partial charge >= 0.3 is 6.55 Å². The van der Waals surface area contributed by atoms with E-state index in [4.69, 9.17) is 22.1 Å². The van der Waals surface area contributed by atoms with Gasteiger partial charge in [-0.3, -0.25) is 4.79 Å². The van der Waals surface area contributed by atoms with Gasteiger partial charge in [0.2, 0.25) is 0 Å². The highest BCUT2D eigenvalue weighted by Gasteiger charge is 2.49. The van der Waals surface area contributed by atoms with E-state index in [0.29, 0.717) is 21.5 Å². The van der Waals surface area contributed by atoms with Crippen LogP contribution in [0, 0.1) is 5.92 Å². The van der Waals surface area contributed by atoms with Crippen molar-refractivity contribution in [3.63, 3.8) is 0 Å². The Labute approximate surface area is 177 Å². The maximum absolute atomic E-state index is 12.7. The predicted octanol–water partition coefficient (Wildman–Crippen LogP) is 3.32. The molecule has 3 atom stereocenters. The lowest BCUT2D eigenvalue weighted by atomic mass is 9.80. The molecule has 3 unspecified atom stereocenters. The van der Waals surface area contributed by atoms with Crippen molar-refractivity contribution < 1.29 is 18.3 Å². The van der Waals surface area contributed by atoms with Gasteiger partial charge in [-0.25, -0.2) is 14.7 Å². The van der Waals surface area contributed by atoms with Crippen LogP contribution in [0.15, 0.2) is 16.6 Å². The van der Waals surface area contributed by atoms with E-state index in [1.165, 1.54) is 23.1 Å². The molecule has 2 aliphatic heterocycles. The van der Waals surface area contributed by atoms with Gasteiger partial charge in [0.25, 0.3) is 5.91 Å². The fourth-order valence-electron chi connectivity index (χ4n) is 3.41. The number of fused-ring (bicyclic) bond motifs is 1. The Morgan fingerprint density at radius 2 is 2.34 bits per heavy atom. The van der Waals surface area contributed by atoms with Gasteiger partial charge in [0.15, 0.2) is 10.9 Å². The zero-order valence-corrected chi connectivity index (χ0v) is 17.5. The zero-order chi connectivity index (χ0) is 20.8. The normalized spacial score (nSPS) is 26.9. The second kappa shape index (κ2) is 7.82. The lowest BCUT2D eigenvalue weighted by Gasteiger charge is -2.44. The Balaban J connectivity index is 1.58. The molecule has 1 amide bonds. The number of anilines is 1. The van der Waals surface area contributed by atoms with Crippen molar-refractivity contribution in [1.29, 1.82) is 0 Å². The number of alkyl halides is 2. The number of thioether (sulfide) groups is 1. The summed E-state index contributed by atoms with van der Waals surface area (Å²) in [6, 6.07) is 0. The van der Waals surface area contributed by atoms with E-state index in [9.17, 15) is 13.6 Å². The smallest absolute Gasteiger partial charge is 0.333 e. The number of nitrogens with one attached hydrogen (secondary N) is 1. The summed E-state index contributed by atoms with van der Waals surface area (Å²) in [6.07, 6.45) is 1.84. The van der Waals surface area contributed by atoms with Crippen LogP contribution >= 0.6 is 34.7 Å². The standard InChI is InChI=1S/C16H17ClF2N6O2S2/c1-7-2-8-4-29-15(20)23-16(8,6-27-7)13-22-10(5-28-13)21-12(26)11-9(17)3-25(24-11)14(18)19/h3,5,7-8,14H,2,4,6H2,1H3,(H2,20,23)(H,21,26). The molecule has 2 aromatic heterocycles. The van der Waals surface area contributed by atoms with Gasteiger partial charge in [-0.1, -0.05) is 23.4 Å². The van der Waals surface area contributed by atoms with Gasteiger partial charge in [-0.15, -0.1) is 11.3 Å². The van der Waals surface area contributed by atoms with Crippen LogP contribution in [0.5, 0.6) is 0 Å². The lowest BCUT2D eigenvalue weighted by molar-refractivity contribution is -0.0466. The summed E-state index contributed by atoms with van der Waals surface area (Å²) in [5.41, 5.74) is 4.99. The minimum Gasteiger partial charge on any atom is -0.379 e. The van der Waals surface area contributed by atoms with Crippen molar-refractivity contribution in [1.82, 2.24) is 14.8 Å². The van der Waals surface area contributed by atoms with E-state index in [-0.39, 0.29) is 28.6 Å². The van der Waals surface area contributed by atoms with Crippen LogP contribution in [0.25, 0.3) is 0 Å². The third-order valence-corrected chi connectivity index (χ3v) is 7.08. The number of hydrogen-bond acceptors (Lipinski definition) is 8. The molecule has 13 heteroatoms. The highest BCUT2D eigenvalue weighted by molar-refractivity contribution is 8.13. The number of amidine groups is 1. The fourth-order valence-corrected chi connectivity index (χ4v) is 5.60. The molecular weight excluding hydrogens is 446 g/mol. The third kappa shape index (κ3) is 3.86. The first-order valence-corrected chi connectivity index (χ1v) is 10.9. The average molecular weight is 463 g/mol. The molecule has 0 aromatic carbocycles. The average Bonchev–Trinajstić information content (AvgIpc) is 3.29. The first kappa shape index (κ1) is 20.5. The second-order valence-electron chi connectivity index (χ2n) is 6.81. The molecule has 4 heterocycles. The second-order valence-corrected chi connectivity index (χ2v) is 9.12. The van der Waals surface area contributed by atoms with Crippen LogP contribution < -0.4 is 11.1 Å². The third-order valence-electron chi connectivity index (χ3n) is 4.84. The van der Waals surface area contributed by atoms with Gasteiger partial charge < -0.3 is 15.8 Å². The van der Waals surface area contributed by atoms with Crippen LogP contribution in [0.2, 0.25) is 5.02 Å². The molecule has 1 saturated heterocycles. The molecular formula is C16H17ClF2N6O2S2. The Morgan fingerprint density at radius 3 is 3.07 bits per heavy atom. The van der Waals surface area contributed by atoms with E-state index in [0.717, 1.165) is 18.4 Å². The number of carbonyl (C=O) groups is 1. The van der Waals surface area contributed by atoms with E-state index < -0.39 is 18.0 Å². The van der Waals surface area contributed by atoms with Crippen LogP contribution in [0.3, 0.4) is 0 Å². The highest BCUT2D eigenvalue weighted by Crippen LogP contribution is 2.47. The van der Waals surface area contributed by atoms with Gasteiger partial charge in [0, 0.05) is 17.1 Å². The van der Waals surface area contributed by atoms with Crippen molar-refractivity contribution in [2.75, 3.05) is 17.7 Å². The fraction of sp³-hybridized carbons (Fsp3) is 0.500. The first-order valence-electron chi connectivity index (χ1n) is 8.68. The van der Waals surface area contributed by atoms with E-state index in [1.54, 1.807) is 5.38 Å². The number of amides is 1. The molecule has 2 aromatic rings. The molecule has 8 nitrogen and oxygen atoms in total. The van der Waals surface area contributed by atoms with E-state index in [2.05, 4.69) is 20.4 Å². The van der Waals surface area contributed by atoms with Crippen LogP contribution in [0.1, 0.15) is 35.4 Å². The highest BCUT2D eigenvalue weighted by atomic mass is 35.5. The van der Waals surface area contributed by atoms with Gasteiger partial charge in [-0.2, -0.15) is 13.9 Å². The maximum Gasteiger partial charge on any atom is 0.333 e. The Hall–Kier alpha value is -1.76. The number of ether oxygens (including phenoxy) is 1. The van der Waals surface area contributed by atoms with Crippen LogP contribution in [-0.2, 0) is 10.3 Å². The molecule has 0 bridgehead atoms. The minimum absolute atomic E-state index is 0.120. The molecule has 1 fully saturated rings. The summed E-state index contributed by atoms with van der Waals surface area (Å²) in [5.74, 6) is 0.548. The number of hydrogen-bond donors (Lipinski definition) is 2. The largest absolute Gasteiger partial charge is 0.379 e. The molecule has 0 aliphatic carbocycles. The molecule has 29 heavy (non-hydrogen) atoms. The minimum atomic E-state index is -2.89. The van der Waals surface area contributed by atoms with Crippen molar-refractivity contribution in [3.8, 4) is 0 Å². The molecule has 0 spiro atoms. The first-order chi connectivity index (χ1) is 13.8. The molecule has 4 rings (SSSR count). The predicted molar refractivity (Wildman–Crippen MR) is 108 cm³/mol. The zero-order valence-electron chi connectivity index (χ0n) is 15.1. The summed E-state index contributed by atoms with van der Waals surface area (Å²) in [6.45, 7) is -0.519. The van der Waals surface area contributed by atoms with Gasteiger partial charge in [-0.05, 0) is 13.3 Å². The summed E-state index contributed by atoms with van der Waals surface area (Å²) < 4.78 is 31.7. The monoisotopic (exact) mass is 462 g/mol. The number of rotatable bonds is 4. The van der Waals surface area contributed by atoms with Gasteiger partial charge in [0.1, 0.15) is 16.4 Å². The van der Waals surface area contributed by atoms with Crippen LogP contribution in [-0.4, -0.2) is 44.3 Å². The Kier molecular flexibility index (Phi) is 5.53. The SMILES string of the molecule is CC1CC2CSC(N)=NC2(c2nc(NC(=O)c3nn(C(F)F)cc3Cl)cs2)CO1. The van der Waals surface area contributed by atoms with E-state index in [1.807, 2.05) is 6.92 Å². The number of nitrogens with zero attached hydrogens (tertiary/aromatic N) is 4. The lowest BCUT2D eigenvalue weighted by Crippen LogP contribution is -2.49. The van der Waals surface area contributed by atoms with Crippen molar-refractivity contribution in [2.24, 2.45) is 16.6 Å². The molecule has 156 valence electrons. The number of carbonyl (C=O) groups excluding carboxylic acids is 1. The van der Waals surface area contributed by atoms with Gasteiger partial charge in [0.05, 0.1) is 23.9 Å². The number of thiazole rings is 1. The van der Waals surface area contributed by atoms with Crippen molar-refractivity contribution in [3.05, 3.63) is 27.3 Å². The Morgan fingerprint density at radius 1 is 1.55 bits per heavy atom. The summed E-state index contributed by atoms with van der Waals surface area (Å²) >= 11 is 8.69. The maximum atomic E-state index is 12.7. The van der Waals surface area contributed by atoms with Crippen molar-refractivity contribution in [2.45, 2.75) is 31.5 Å². The molecule has 2 aliphatic rings. The summed E-state index contributed by atoms with van der Waals surface area (Å²) in [4.78, 5) is 21.6. The quantitative estimate of drug-likeness (QED) is 0.721. The van der Waals surface area contributed by atoms with Crippen molar-refractivity contribution >= 4 is 51.6 Å². The molecule has 3 N–H and O–H groups in total. The summed E-state index contributed by atoms with van der Waals surface area (Å²) in [5, 5.41) is 8.71. The van der Waals surface area contributed by atoms with E-state index >= 15 is 0 Å². The number of aliphatic imine (C=N–C) groups is 1. The number of halogens is 3. The number of nitrogens with two attached hydrogens (primary N) is 1. The molecule has 0 radical (unpaired) electrons. The van der Waals surface area contributed by atoms with Crippen LogP contribution in [0.4, 0.5) is 14.6 Å². The Bertz CT molecular complexity index is 967. The number of aromatic nitrogens is 3.